The van der Waals surface area contributed by atoms with Crippen LogP contribution in [0.4, 0.5) is 0 Å². The van der Waals surface area contributed by atoms with Crippen LogP contribution in [0.15, 0.2) is 16.6 Å². The van der Waals surface area contributed by atoms with Gasteiger partial charge in [0, 0.05) is 5.56 Å². The van der Waals surface area contributed by atoms with Crippen LogP contribution in [-0.4, -0.2) is 6.79 Å². The Hall–Kier alpha value is -1.14. The Morgan fingerprint density at radius 3 is 3.00 bits per heavy atom. The number of benzene rings is 1. The standard InChI is InChI=1S/C9H5BrO2/c1-2-6-3-7(10)9-8(4-6)11-5-12-9/h1,3-4H,5H2. The van der Waals surface area contributed by atoms with Crippen molar-refractivity contribution in [3.63, 3.8) is 0 Å². The van der Waals surface area contributed by atoms with Gasteiger partial charge in [0.2, 0.25) is 6.79 Å². The summed E-state index contributed by atoms with van der Waals surface area (Å²) in [5.41, 5.74) is 0.783. The minimum atomic E-state index is 0.266. The molecule has 0 unspecified atom stereocenters. The first-order chi connectivity index (χ1) is 5.81. The minimum absolute atomic E-state index is 0.266. The molecule has 1 aromatic carbocycles. The van der Waals surface area contributed by atoms with Crippen molar-refractivity contribution >= 4 is 15.9 Å². The van der Waals surface area contributed by atoms with E-state index in [4.69, 9.17) is 15.9 Å². The number of terminal acetylenes is 1. The third kappa shape index (κ3) is 1.05. The molecule has 0 aromatic heterocycles. The van der Waals surface area contributed by atoms with Crippen LogP contribution in [0, 0.1) is 12.3 Å². The molecular formula is C9H5BrO2. The van der Waals surface area contributed by atoms with Crippen LogP contribution in [0.2, 0.25) is 0 Å². The molecule has 0 saturated heterocycles. The van der Waals surface area contributed by atoms with E-state index in [1.807, 2.05) is 6.07 Å². The number of hydrogen-bond acceptors (Lipinski definition) is 2. The fraction of sp³-hybridized carbons (Fsp3) is 0.111. The fourth-order valence-electron chi connectivity index (χ4n) is 1.05. The van der Waals surface area contributed by atoms with Crippen LogP contribution >= 0.6 is 15.9 Å². The maximum atomic E-state index is 5.25. The van der Waals surface area contributed by atoms with Gasteiger partial charge < -0.3 is 9.47 Å². The second kappa shape index (κ2) is 2.72. The molecule has 3 heteroatoms. The fourth-order valence-corrected chi connectivity index (χ4v) is 1.61. The van der Waals surface area contributed by atoms with Crippen LogP contribution in [0.1, 0.15) is 5.56 Å². The Balaban J connectivity index is 2.60. The number of hydrogen-bond donors (Lipinski definition) is 0. The SMILES string of the molecule is C#Cc1cc(Br)c2c(c1)OCO2. The summed E-state index contributed by atoms with van der Waals surface area (Å²) < 4.78 is 11.2. The highest BCUT2D eigenvalue weighted by molar-refractivity contribution is 9.10. The highest BCUT2D eigenvalue weighted by Crippen LogP contribution is 2.39. The van der Waals surface area contributed by atoms with Gasteiger partial charge in [-0.2, -0.15) is 0 Å². The molecule has 1 aliphatic heterocycles. The third-order valence-corrected chi connectivity index (χ3v) is 2.18. The maximum absolute atomic E-state index is 5.25. The van der Waals surface area contributed by atoms with Gasteiger partial charge in [-0.3, -0.25) is 0 Å². The zero-order valence-electron chi connectivity index (χ0n) is 6.13. The normalized spacial score (nSPS) is 12.7. The third-order valence-electron chi connectivity index (χ3n) is 1.59. The average Bonchev–Trinajstić information content (AvgIpc) is 2.52. The molecule has 1 heterocycles. The number of rotatable bonds is 0. The largest absolute Gasteiger partial charge is 0.454 e. The maximum Gasteiger partial charge on any atom is 0.231 e. The second-order valence-electron chi connectivity index (χ2n) is 2.34. The summed E-state index contributed by atoms with van der Waals surface area (Å²) in [6.07, 6.45) is 5.25. The van der Waals surface area contributed by atoms with Gasteiger partial charge in [0.25, 0.3) is 0 Å². The molecule has 0 saturated carbocycles. The molecule has 60 valence electrons. The molecule has 1 aliphatic rings. The van der Waals surface area contributed by atoms with Gasteiger partial charge in [-0.15, -0.1) is 6.42 Å². The lowest BCUT2D eigenvalue weighted by Gasteiger charge is -1.99. The molecule has 0 spiro atoms. The van der Waals surface area contributed by atoms with E-state index in [-0.39, 0.29) is 6.79 Å². The highest BCUT2D eigenvalue weighted by Gasteiger charge is 2.17. The van der Waals surface area contributed by atoms with Crippen LogP contribution in [0.5, 0.6) is 11.5 Å². The molecule has 2 rings (SSSR count). The van der Waals surface area contributed by atoms with Crippen molar-refractivity contribution in [3.05, 3.63) is 22.2 Å². The first kappa shape index (κ1) is 7.51. The zero-order valence-corrected chi connectivity index (χ0v) is 7.72. The summed E-state index contributed by atoms with van der Waals surface area (Å²) >= 11 is 3.34. The quantitative estimate of drug-likeness (QED) is 0.630. The van der Waals surface area contributed by atoms with Gasteiger partial charge in [-0.1, -0.05) is 5.92 Å². The molecule has 0 amide bonds. The van der Waals surface area contributed by atoms with Crippen LogP contribution in [-0.2, 0) is 0 Å². The van der Waals surface area contributed by atoms with E-state index in [0.717, 1.165) is 15.8 Å². The predicted octanol–water partition coefficient (Wildman–Crippen LogP) is 2.16. The lowest BCUT2D eigenvalue weighted by atomic mass is 10.2. The second-order valence-corrected chi connectivity index (χ2v) is 3.19. The lowest BCUT2D eigenvalue weighted by Crippen LogP contribution is -1.93. The van der Waals surface area contributed by atoms with E-state index in [0.29, 0.717) is 5.75 Å². The molecule has 0 radical (unpaired) electrons. The molecule has 12 heavy (non-hydrogen) atoms. The molecule has 0 bridgehead atoms. The summed E-state index contributed by atoms with van der Waals surface area (Å²) in [4.78, 5) is 0. The average molecular weight is 225 g/mol. The lowest BCUT2D eigenvalue weighted by molar-refractivity contribution is 0.173. The van der Waals surface area contributed by atoms with E-state index >= 15 is 0 Å². The van der Waals surface area contributed by atoms with Crippen molar-refractivity contribution < 1.29 is 9.47 Å². The van der Waals surface area contributed by atoms with Crippen molar-refractivity contribution in [1.29, 1.82) is 0 Å². The Morgan fingerprint density at radius 1 is 1.42 bits per heavy atom. The molecule has 0 atom stereocenters. The van der Waals surface area contributed by atoms with E-state index in [1.165, 1.54) is 0 Å². The van der Waals surface area contributed by atoms with Gasteiger partial charge in [0.05, 0.1) is 4.47 Å². The molecular weight excluding hydrogens is 220 g/mol. The highest BCUT2D eigenvalue weighted by atomic mass is 79.9. The zero-order chi connectivity index (χ0) is 8.55. The Labute approximate surface area is 78.6 Å². The molecule has 2 nitrogen and oxygen atoms in total. The van der Waals surface area contributed by atoms with Crippen molar-refractivity contribution in [3.8, 4) is 23.8 Å². The molecule has 1 aromatic rings. The molecule has 0 fully saturated rings. The number of ether oxygens (including phenoxy) is 2. The van der Waals surface area contributed by atoms with Crippen LogP contribution < -0.4 is 9.47 Å². The van der Waals surface area contributed by atoms with Gasteiger partial charge >= 0.3 is 0 Å². The number of fused-ring (bicyclic) bond motifs is 1. The van der Waals surface area contributed by atoms with Crippen molar-refractivity contribution in [2.24, 2.45) is 0 Å². The van der Waals surface area contributed by atoms with Gasteiger partial charge in [0.1, 0.15) is 0 Å². The topological polar surface area (TPSA) is 18.5 Å². The smallest absolute Gasteiger partial charge is 0.231 e. The van der Waals surface area contributed by atoms with Gasteiger partial charge in [-0.05, 0) is 28.1 Å². The van der Waals surface area contributed by atoms with Crippen molar-refractivity contribution in [2.45, 2.75) is 0 Å². The summed E-state index contributed by atoms with van der Waals surface area (Å²) in [5.74, 6) is 3.97. The summed E-state index contributed by atoms with van der Waals surface area (Å²) in [5, 5.41) is 0. The van der Waals surface area contributed by atoms with Gasteiger partial charge in [0.15, 0.2) is 11.5 Å². The van der Waals surface area contributed by atoms with Crippen LogP contribution in [0.25, 0.3) is 0 Å². The van der Waals surface area contributed by atoms with Crippen molar-refractivity contribution in [1.82, 2.24) is 0 Å². The van der Waals surface area contributed by atoms with Gasteiger partial charge in [-0.25, -0.2) is 0 Å². The van der Waals surface area contributed by atoms with Crippen molar-refractivity contribution in [2.75, 3.05) is 6.79 Å². The number of halogens is 1. The minimum Gasteiger partial charge on any atom is -0.454 e. The van der Waals surface area contributed by atoms with E-state index in [2.05, 4.69) is 21.9 Å². The Kier molecular flexibility index (Phi) is 1.70. The monoisotopic (exact) mass is 224 g/mol. The molecule has 0 N–H and O–H groups in total. The van der Waals surface area contributed by atoms with E-state index in [1.54, 1.807) is 6.07 Å². The Morgan fingerprint density at radius 2 is 2.25 bits per heavy atom. The Bertz CT molecular complexity index is 366. The molecule has 0 aliphatic carbocycles. The summed E-state index contributed by atoms with van der Waals surface area (Å²) in [6, 6.07) is 3.61. The van der Waals surface area contributed by atoms with E-state index < -0.39 is 0 Å². The summed E-state index contributed by atoms with van der Waals surface area (Å²) in [7, 11) is 0. The van der Waals surface area contributed by atoms with E-state index in [9.17, 15) is 0 Å². The first-order valence-electron chi connectivity index (χ1n) is 3.37. The predicted molar refractivity (Wildman–Crippen MR) is 48.2 cm³/mol. The van der Waals surface area contributed by atoms with Crippen LogP contribution in [0.3, 0.4) is 0 Å². The first-order valence-corrected chi connectivity index (χ1v) is 4.16. The summed E-state index contributed by atoms with van der Waals surface area (Å²) in [6.45, 7) is 0.266.